The van der Waals surface area contributed by atoms with Gasteiger partial charge in [-0.05, 0) is 6.42 Å². The third-order valence-corrected chi connectivity index (χ3v) is 3.80. The quantitative estimate of drug-likeness (QED) is 0.698. The Balaban J connectivity index is 1.60. The highest BCUT2D eigenvalue weighted by Crippen LogP contribution is 2.25. The van der Waals surface area contributed by atoms with Gasteiger partial charge in [0.2, 0.25) is 5.76 Å². The van der Waals surface area contributed by atoms with Gasteiger partial charge in [-0.25, -0.2) is 15.0 Å². The van der Waals surface area contributed by atoms with Crippen LogP contribution in [0.15, 0.2) is 29.4 Å². The highest BCUT2D eigenvalue weighted by Gasteiger charge is 2.37. The van der Waals surface area contributed by atoms with Crippen LogP contribution in [0.1, 0.15) is 17.0 Å². The van der Waals surface area contributed by atoms with E-state index in [0.29, 0.717) is 25.3 Å². The first-order valence-corrected chi connectivity index (χ1v) is 7.23. The number of anilines is 2. The van der Waals surface area contributed by atoms with Crippen molar-refractivity contribution in [2.75, 3.05) is 36.9 Å². The van der Waals surface area contributed by atoms with E-state index in [1.807, 2.05) is 11.0 Å². The summed E-state index contributed by atoms with van der Waals surface area (Å²) in [6.07, 6.45) is 4.53. The molecule has 3 rings (SSSR count). The van der Waals surface area contributed by atoms with Gasteiger partial charge in [0.1, 0.15) is 23.6 Å². The van der Waals surface area contributed by atoms with Gasteiger partial charge in [-0.3, -0.25) is 4.79 Å². The number of carbonyl (C=O) groups excluding carboxylic acids is 1. The molecule has 1 amide bonds. The third-order valence-electron chi connectivity index (χ3n) is 3.80. The van der Waals surface area contributed by atoms with Gasteiger partial charge in [-0.2, -0.15) is 0 Å². The molecule has 3 N–H and O–H groups in total. The summed E-state index contributed by atoms with van der Waals surface area (Å²) in [5.41, 5.74) is -1.01. The van der Waals surface area contributed by atoms with Gasteiger partial charge >= 0.3 is 0 Å². The number of rotatable bonds is 5. The van der Waals surface area contributed by atoms with Crippen LogP contribution >= 0.6 is 0 Å². The number of hydrogen-bond acceptors (Lipinski definition) is 8. The molecule has 2 aromatic heterocycles. The Morgan fingerprint density at radius 2 is 2.39 bits per heavy atom. The molecule has 122 valence electrons. The molecule has 1 fully saturated rings. The molecular formula is C14H18N6O3. The van der Waals surface area contributed by atoms with Gasteiger partial charge < -0.3 is 25.1 Å². The predicted octanol–water partition coefficient (Wildman–Crippen LogP) is -0.123. The predicted molar refractivity (Wildman–Crippen MR) is 82.2 cm³/mol. The molecule has 0 bridgehead atoms. The van der Waals surface area contributed by atoms with E-state index in [2.05, 4.69) is 25.6 Å². The summed E-state index contributed by atoms with van der Waals surface area (Å²) >= 11 is 0. The van der Waals surface area contributed by atoms with Crippen molar-refractivity contribution >= 4 is 17.5 Å². The zero-order valence-electron chi connectivity index (χ0n) is 12.7. The molecule has 9 heteroatoms. The van der Waals surface area contributed by atoms with Gasteiger partial charge in [0.15, 0.2) is 6.39 Å². The van der Waals surface area contributed by atoms with Gasteiger partial charge in [0, 0.05) is 32.7 Å². The summed E-state index contributed by atoms with van der Waals surface area (Å²) in [7, 11) is 1.78. The maximum absolute atomic E-state index is 11.8. The monoisotopic (exact) mass is 318 g/mol. The number of β-amino-alcohol motifs (C(OH)–C–C–N with tert-alkyl or cyclic N) is 1. The first-order valence-electron chi connectivity index (χ1n) is 7.23. The number of amides is 1. The van der Waals surface area contributed by atoms with E-state index in [4.69, 9.17) is 4.42 Å². The summed E-state index contributed by atoms with van der Waals surface area (Å²) in [5, 5.41) is 16.3. The van der Waals surface area contributed by atoms with Crippen LogP contribution in [0.25, 0.3) is 0 Å². The summed E-state index contributed by atoms with van der Waals surface area (Å²) in [4.78, 5) is 25.8. The summed E-state index contributed by atoms with van der Waals surface area (Å²) in [5.74, 6) is 1.18. The number of aliphatic hydroxyl groups is 1. The van der Waals surface area contributed by atoms with Crippen molar-refractivity contribution in [3.8, 4) is 0 Å². The molecule has 0 saturated carbocycles. The average molecular weight is 318 g/mol. The van der Waals surface area contributed by atoms with Crippen LogP contribution in [0.3, 0.4) is 0 Å². The molecule has 0 spiro atoms. The van der Waals surface area contributed by atoms with Crippen molar-refractivity contribution < 1.29 is 14.3 Å². The van der Waals surface area contributed by atoms with Crippen molar-refractivity contribution in [2.45, 2.75) is 12.0 Å². The van der Waals surface area contributed by atoms with Crippen molar-refractivity contribution in [1.82, 2.24) is 20.3 Å². The number of aromatic nitrogens is 3. The molecule has 0 aromatic carbocycles. The molecule has 1 aliphatic heterocycles. The van der Waals surface area contributed by atoms with E-state index < -0.39 is 11.5 Å². The molecule has 0 radical (unpaired) electrons. The number of nitrogens with one attached hydrogen (secondary N) is 2. The Labute approximate surface area is 132 Å². The van der Waals surface area contributed by atoms with E-state index in [9.17, 15) is 9.90 Å². The third kappa shape index (κ3) is 3.39. The SMILES string of the molecule is CNc1cc(N2CC[C@@](O)(CNC(=O)c3cnco3)C2)ncn1. The minimum atomic E-state index is -1.01. The fourth-order valence-corrected chi connectivity index (χ4v) is 2.51. The lowest BCUT2D eigenvalue weighted by Gasteiger charge is -2.24. The van der Waals surface area contributed by atoms with Gasteiger partial charge in [-0.15, -0.1) is 0 Å². The van der Waals surface area contributed by atoms with Crippen molar-refractivity contribution in [1.29, 1.82) is 0 Å². The van der Waals surface area contributed by atoms with E-state index in [-0.39, 0.29) is 12.3 Å². The first kappa shape index (κ1) is 15.2. The highest BCUT2D eigenvalue weighted by atomic mass is 16.3. The number of hydrogen-bond donors (Lipinski definition) is 3. The van der Waals surface area contributed by atoms with Gasteiger partial charge in [0.25, 0.3) is 5.91 Å². The standard InChI is InChI=1S/C14H18N6O3/c1-15-11-4-12(19-8-18-11)20-3-2-14(22,7-20)6-17-13(21)10-5-16-9-23-10/h4-5,8-9,22H,2-3,6-7H2,1H3,(H,17,21)(H,15,18,19)/t14-/m1/s1. The normalized spacial score (nSPS) is 20.5. The molecule has 1 atom stereocenters. The van der Waals surface area contributed by atoms with E-state index in [0.717, 1.165) is 5.82 Å². The Kier molecular flexibility index (Phi) is 4.11. The number of nitrogens with zero attached hydrogens (tertiary/aromatic N) is 4. The topological polar surface area (TPSA) is 116 Å². The Hall–Kier alpha value is -2.68. The van der Waals surface area contributed by atoms with E-state index in [1.165, 1.54) is 18.9 Å². The van der Waals surface area contributed by atoms with Crippen molar-refractivity contribution in [3.63, 3.8) is 0 Å². The summed E-state index contributed by atoms with van der Waals surface area (Å²) in [6, 6.07) is 1.82. The summed E-state index contributed by atoms with van der Waals surface area (Å²) < 4.78 is 4.92. The molecule has 23 heavy (non-hydrogen) atoms. The van der Waals surface area contributed by atoms with Crippen LogP contribution in [0.5, 0.6) is 0 Å². The molecule has 1 aliphatic rings. The zero-order valence-corrected chi connectivity index (χ0v) is 12.7. The van der Waals surface area contributed by atoms with Crippen LogP contribution < -0.4 is 15.5 Å². The molecule has 0 aliphatic carbocycles. The molecule has 0 unspecified atom stereocenters. The fraction of sp³-hybridized carbons (Fsp3) is 0.429. The Morgan fingerprint density at radius 3 is 3.13 bits per heavy atom. The maximum Gasteiger partial charge on any atom is 0.288 e. The lowest BCUT2D eigenvalue weighted by Crippen LogP contribution is -2.45. The lowest BCUT2D eigenvalue weighted by atomic mass is 10.0. The van der Waals surface area contributed by atoms with Crippen LogP contribution in [0.2, 0.25) is 0 Å². The molecule has 2 aromatic rings. The molecule has 9 nitrogen and oxygen atoms in total. The van der Waals surface area contributed by atoms with Crippen molar-refractivity contribution in [2.24, 2.45) is 0 Å². The molecule has 3 heterocycles. The van der Waals surface area contributed by atoms with Crippen LogP contribution in [-0.2, 0) is 0 Å². The van der Waals surface area contributed by atoms with E-state index in [1.54, 1.807) is 7.05 Å². The zero-order chi connectivity index (χ0) is 16.3. The first-order chi connectivity index (χ1) is 11.1. The second-order valence-electron chi connectivity index (χ2n) is 5.46. The Bertz CT molecular complexity index is 677. The fourth-order valence-electron chi connectivity index (χ4n) is 2.51. The highest BCUT2D eigenvalue weighted by molar-refractivity contribution is 5.91. The minimum absolute atomic E-state index is 0.123. The summed E-state index contributed by atoms with van der Waals surface area (Å²) in [6.45, 7) is 1.16. The molecule has 1 saturated heterocycles. The smallest absolute Gasteiger partial charge is 0.288 e. The second kappa shape index (κ2) is 6.21. The van der Waals surface area contributed by atoms with Gasteiger partial charge in [0.05, 0.1) is 6.20 Å². The van der Waals surface area contributed by atoms with E-state index >= 15 is 0 Å². The average Bonchev–Trinajstić information content (AvgIpc) is 3.23. The van der Waals surface area contributed by atoms with Gasteiger partial charge in [-0.1, -0.05) is 0 Å². The number of carbonyl (C=O) groups is 1. The largest absolute Gasteiger partial charge is 0.438 e. The second-order valence-corrected chi connectivity index (χ2v) is 5.46. The van der Waals surface area contributed by atoms with Crippen LogP contribution in [0.4, 0.5) is 11.6 Å². The molecular weight excluding hydrogens is 300 g/mol. The van der Waals surface area contributed by atoms with Crippen LogP contribution in [0, 0.1) is 0 Å². The maximum atomic E-state index is 11.8. The van der Waals surface area contributed by atoms with Crippen LogP contribution in [-0.4, -0.2) is 58.2 Å². The number of oxazole rings is 1. The minimum Gasteiger partial charge on any atom is -0.438 e. The lowest BCUT2D eigenvalue weighted by molar-refractivity contribution is 0.0567. The Morgan fingerprint density at radius 1 is 1.52 bits per heavy atom. The van der Waals surface area contributed by atoms with Crippen molar-refractivity contribution in [3.05, 3.63) is 30.7 Å².